The molecule has 2 heterocycles. The van der Waals surface area contributed by atoms with Crippen LogP contribution < -0.4 is 5.32 Å². The van der Waals surface area contributed by atoms with Crippen LogP contribution in [0.2, 0.25) is 0 Å². The molecule has 1 saturated heterocycles. The van der Waals surface area contributed by atoms with E-state index >= 15 is 0 Å². The molecule has 0 spiro atoms. The van der Waals surface area contributed by atoms with Crippen LogP contribution in [0.1, 0.15) is 44.9 Å². The quantitative estimate of drug-likeness (QED) is 0.861. The molecule has 142 valence electrons. The van der Waals surface area contributed by atoms with Gasteiger partial charge in [0.15, 0.2) is 0 Å². The average molecular weight is 383 g/mol. The van der Waals surface area contributed by atoms with Crippen molar-refractivity contribution < 1.29 is 9.59 Å². The van der Waals surface area contributed by atoms with Gasteiger partial charge in [-0.15, -0.1) is 11.3 Å². The van der Waals surface area contributed by atoms with Crippen molar-refractivity contribution in [2.75, 3.05) is 19.6 Å². The minimum atomic E-state index is 0.0256. The Morgan fingerprint density at radius 2 is 1.93 bits per heavy atom. The Balaban J connectivity index is 1.32. The molecule has 0 radical (unpaired) electrons. The molecule has 1 aliphatic carbocycles. The Bertz CT molecular complexity index is 809. The monoisotopic (exact) mass is 382 g/mol. The maximum absolute atomic E-state index is 12.6. The molecular formula is C22H26N2O2S. The van der Waals surface area contributed by atoms with Crippen LogP contribution >= 0.6 is 11.3 Å². The highest BCUT2D eigenvalue weighted by atomic mass is 32.1. The maximum atomic E-state index is 12.6. The molecule has 27 heavy (non-hydrogen) atoms. The van der Waals surface area contributed by atoms with Crippen LogP contribution in [0, 0.1) is 5.92 Å². The third-order valence-electron chi connectivity index (χ3n) is 5.61. The van der Waals surface area contributed by atoms with Gasteiger partial charge in [-0.3, -0.25) is 9.59 Å². The van der Waals surface area contributed by atoms with Crippen molar-refractivity contribution in [3.8, 4) is 0 Å². The van der Waals surface area contributed by atoms with Crippen LogP contribution in [-0.2, 0) is 24.1 Å². The van der Waals surface area contributed by atoms with Crippen LogP contribution in [0.15, 0.2) is 36.4 Å². The lowest BCUT2D eigenvalue weighted by molar-refractivity contribution is -0.125. The van der Waals surface area contributed by atoms with Gasteiger partial charge in [0.25, 0.3) is 5.91 Å². The molecule has 1 aromatic carbocycles. The number of nitrogens with zero attached hydrogens (tertiary/aromatic N) is 1. The molecule has 2 aliphatic rings. The molecule has 2 aromatic rings. The predicted octanol–water partition coefficient (Wildman–Crippen LogP) is 3.45. The van der Waals surface area contributed by atoms with Gasteiger partial charge in [-0.2, -0.15) is 0 Å². The molecule has 1 N–H and O–H groups in total. The van der Waals surface area contributed by atoms with E-state index < -0.39 is 0 Å². The maximum Gasteiger partial charge on any atom is 0.263 e. The first-order chi connectivity index (χ1) is 13.2. The van der Waals surface area contributed by atoms with Crippen LogP contribution in [-0.4, -0.2) is 36.3 Å². The zero-order chi connectivity index (χ0) is 18.6. The number of amides is 2. The molecule has 5 heteroatoms. The van der Waals surface area contributed by atoms with E-state index in [2.05, 4.69) is 17.4 Å². The molecule has 4 rings (SSSR count). The molecular weight excluding hydrogens is 356 g/mol. The Labute approximate surface area is 164 Å². The average Bonchev–Trinajstić information content (AvgIpc) is 3.37. The smallest absolute Gasteiger partial charge is 0.263 e. The largest absolute Gasteiger partial charge is 0.356 e. The SMILES string of the molecule is O=C(NCCc1ccccc1)C1CCc2sc(C(=O)N3CCCC3)cc2C1. The third kappa shape index (κ3) is 4.24. The van der Waals surface area contributed by atoms with Gasteiger partial charge >= 0.3 is 0 Å². The van der Waals surface area contributed by atoms with Gasteiger partial charge in [0.2, 0.25) is 5.91 Å². The summed E-state index contributed by atoms with van der Waals surface area (Å²) in [5, 5.41) is 3.10. The minimum Gasteiger partial charge on any atom is -0.356 e. The van der Waals surface area contributed by atoms with Gasteiger partial charge in [0.05, 0.1) is 4.88 Å². The number of likely N-dealkylation sites (tertiary alicyclic amines) is 1. The van der Waals surface area contributed by atoms with Crippen molar-refractivity contribution in [2.45, 2.75) is 38.5 Å². The summed E-state index contributed by atoms with van der Waals surface area (Å²) in [4.78, 5) is 29.3. The van der Waals surface area contributed by atoms with E-state index in [4.69, 9.17) is 0 Å². The number of hydrogen-bond donors (Lipinski definition) is 1. The molecule has 1 unspecified atom stereocenters. The number of carbonyl (C=O) groups is 2. The summed E-state index contributed by atoms with van der Waals surface area (Å²) in [5.74, 6) is 0.351. The lowest BCUT2D eigenvalue weighted by Crippen LogP contribution is -2.34. The summed E-state index contributed by atoms with van der Waals surface area (Å²) < 4.78 is 0. The summed E-state index contributed by atoms with van der Waals surface area (Å²) >= 11 is 1.64. The molecule has 0 saturated carbocycles. The standard InChI is InChI=1S/C22H26N2O2S/c25-21(23-11-10-16-6-2-1-3-7-16)17-8-9-19-18(14-17)15-20(27-19)22(26)24-12-4-5-13-24/h1-3,6-7,15,17H,4-5,8-14H2,(H,23,25). The molecule has 2 amide bonds. The number of aryl methyl sites for hydroxylation is 1. The van der Waals surface area contributed by atoms with E-state index in [-0.39, 0.29) is 17.7 Å². The first kappa shape index (κ1) is 18.2. The van der Waals surface area contributed by atoms with Crippen LogP contribution in [0.3, 0.4) is 0 Å². The molecule has 1 fully saturated rings. The number of rotatable bonds is 5. The van der Waals surface area contributed by atoms with Crippen LogP contribution in [0.4, 0.5) is 0 Å². The second-order valence-corrected chi connectivity index (χ2v) is 8.66. The van der Waals surface area contributed by atoms with Gasteiger partial charge in [-0.1, -0.05) is 30.3 Å². The van der Waals surface area contributed by atoms with Crippen LogP contribution in [0.25, 0.3) is 0 Å². The van der Waals surface area contributed by atoms with Crippen molar-refractivity contribution in [2.24, 2.45) is 5.92 Å². The van der Waals surface area contributed by atoms with E-state index in [1.165, 1.54) is 16.0 Å². The van der Waals surface area contributed by atoms with E-state index in [0.717, 1.165) is 56.5 Å². The Hall–Kier alpha value is -2.14. The predicted molar refractivity (Wildman–Crippen MR) is 108 cm³/mol. The third-order valence-corrected chi connectivity index (χ3v) is 6.84. The number of fused-ring (bicyclic) bond motifs is 1. The Morgan fingerprint density at radius 3 is 2.70 bits per heavy atom. The molecule has 4 nitrogen and oxygen atoms in total. The molecule has 1 atom stereocenters. The summed E-state index contributed by atoms with van der Waals surface area (Å²) in [6, 6.07) is 12.3. The Morgan fingerprint density at radius 1 is 1.15 bits per heavy atom. The second-order valence-electron chi connectivity index (χ2n) is 7.52. The highest BCUT2D eigenvalue weighted by Crippen LogP contribution is 2.33. The van der Waals surface area contributed by atoms with Gasteiger partial charge in [-0.05, 0) is 55.7 Å². The van der Waals surface area contributed by atoms with Crippen molar-refractivity contribution >= 4 is 23.2 Å². The molecule has 1 aromatic heterocycles. The summed E-state index contributed by atoms with van der Waals surface area (Å²) in [6.07, 6.45) is 5.63. The van der Waals surface area contributed by atoms with Gasteiger partial charge in [-0.25, -0.2) is 0 Å². The lowest BCUT2D eigenvalue weighted by atomic mass is 9.87. The van der Waals surface area contributed by atoms with E-state index in [9.17, 15) is 9.59 Å². The fourth-order valence-electron chi connectivity index (χ4n) is 4.05. The highest BCUT2D eigenvalue weighted by molar-refractivity contribution is 7.14. The lowest BCUT2D eigenvalue weighted by Gasteiger charge is -2.21. The second kappa shape index (κ2) is 8.26. The van der Waals surface area contributed by atoms with Gasteiger partial charge in [0.1, 0.15) is 0 Å². The van der Waals surface area contributed by atoms with Crippen molar-refractivity contribution in [1.29, 1.82) is 0 Å². The fraction of sp³-hybridized carbons (Fsp3) is 0.455. The van der Waals surface area contributed by atoms with Crippen molar-refractivity contribution in [3.05, 3.63) is 57.3 Å². The molecule has 1 aliphatic heterocycles. The van der Waals surface area contributed by atoms with Gasteiger partial charge in [0, 0.05) is 30.4 Å². The number of nitrogens with one attached hydrogen (secondary N) is 1. The Kier molecular flexibility index (Phi) is 5.58. The van der Waals surface area contributed by atoms with Crippen molar-refractivity contribution in [3.63, 3.8) is 0 Å². The summed E-state index contributed by atoms with van der Waals surface area (Å²) in [6.45, 7) is 2.44. The first-order valence-corrected chi connectivity index (χ1v) is 10.7. The number of carbonyl (C=O) groups excluding carboxylic acids is 2. The number of hydrogen-bond acceptors (Lipinski definition) is 3. The van der Waals surface area contributed by atoms with E-state index in [0.29, 0.717) is 6.54 Å². The zero-order valence-electron chi connectivity index (χ0n) is 15.6. The van der Waals surface area contributed by atoms with Crippen molar-refractivity contribution in [1.82, 2.24) is 10.2 Å². The topological polar surface area (TPSA) is 49.4 Å². The van der Waals surface area contributed by atoms with Crippen LogP contribution in [0.5, 0.6) is 0 Å². The van der Waals surface area contributed by atoms with E-state index in [1.807, 2.05) is 29.2 Å². The normalized spacial score (nSPS) is 19.0. The zero-order valence-corrected chi connectivity index (χ0v) is 16.4. The minimum absolute atomic E-state index is 0.0256. The fourth-order valence-corrected chi connectivity index (χ4v) is 5.22. The molecule has 0 bridgehead atoms. The summed E-state index contributed by atoms with van der Waals surface area (Å²) in [5.41, 5.74) is 2.45. The number of thiophene rings is 1. The first-order valence-electron chi connectivity index (χ1n) is 9.93. The number of benzene rings is 1. The van der Waals surface area contributed by atoms with Gasteiger partial charge < -0.3 is 10.2 Å². The summed E-state index contributed by atoms with van der Waals surface area (Å²) in [7, 11) is 0. The highest BCUT2D eigenvalue weighted by Gasteiger charge is 2.28. The van der Waals surface area contributed by atoms with E-state index in [1.54, 1.807) is 11.3 Å².